The average Bonchev–Trinajstić information content (AvgIpc) is 3.07. The van der Waals surface area contributed by atoms with Crippen molar-refractivity contribution in [1.82, 2.24) is 4.98 Å². The second-order valence-electron chi connectivity index (χ2n) is 5.56. The lowest BCUT2D eigenvalue weighted by molar-refractivity contribution is 0.0702. The van der Waals surface area contributed by atoms with Crippen LogP contribution >= 0.6 is 22.9 Å². The number of hydrogen-bond acceptors (Lipinski definition) is 3. The summed E-state index contributed by atoms with van der Waals surface area (Å²) in [5, 5.41) is 10.4. The number of thiophene rings is 1. The van der Waals surface area contributed by atoms with E-state index in [0.717, 1.165) is 32.3 Å². The molecule has 0 saturated heterocycles. The maximum absolute atomic E-state index is 11.3. The van der Waals surface area contributed by atoms with Gasteiger partial charge in [0.05, 0.1) is 4.70 Å². The molecule has 0 aliphatic carbocycles. The van der Waals surface area contributed by atoms with Crippen LogP contribution in [0.25, 0.3) is 32.3 Å². The molecular formula is C20H12ClNO2S. The van der Waals surface area contributed by atoms with E-state index in [1.807, 2.05) is 48.5 Å². The van der Waals surface area contributed by atoms with E-state index < -0.39 is 5.97 Å². The normalized spacial score (nSPS) is 10.9. The average molecular weight is 366 g/mol. The highest BCUT2D eigenvalue weighted by atomic mass is 35.5. The molecule has 0 spiro atoms. The van der Waals surface area contributed by atoms with Crippen molar-refractivity contribution >= 4 is 39.0 Å². The molecule has 0 aliphatic heterocycles. The second kappa shape index (κ2) is 6.31. The quantitative estimate of drug-likeness (QED) is 0.454. The number of carbonyl (C=O) groups is 1. The lowest BCUT2D eigenvalue weighted by Gasteiger charge is -2.08. The van der Waals surface area contributed by atoms with Crippen LogP contribution in [-0.4, -0.2) is 16.1 Å². The van der Waals surface area contributed by atoms with Gasteiger partial charge in [-0.1, -0.05) is 60.1 Å². The van der Waals surface area contributed by atoms with Gasteiger partial charge in [0.15, 0.2) is 0 Å². The summed E-state index contributed by atoms with van der Waals surface area (Å²) in [5.41, 5.74) is 3.86. The Kier molecular flexibility index (Phi) is 3.99. The topological polar surface area (TPSA) is 50.2 Å². The van der Waals surface area contributed by atoms with Gasteiger partial charge in [-0.2, -0.15) is 0 Å². The summed E-state index contributed by atoms with van der Waals surface area (Å²) in [6.07, 6.45) is 1.62. The van der Waals surface area contributed by atoms with Gasteiger partial charge < -0.3 is 5.11 Å². The number of carboxylic acids is 1. The first-order valence-corrected chi connectivity index (χ1v) is 8.80. The van der Waals surface area contributed by atoms with E-state index in [9.17, 15) is 9.90 Å². The Morgan fingerprint density at radius 3 is 2.44 bits per heavy atom. The van der Waals surface area contributed by atoms with E-state index in [-0.39, 0.29) is 4.88 Å². The SMILES string of the molecule is O=C(O)c1cc2c(-c3cccc(-c4ccccc4)c3)c(Cl)ncc2s1. The molecule has 0 saturated carbocycles. The van der Waals surface area contributed by atoms with E-state index in [0.29, 0.717) is 5.15 Å². The van der Waals surface area contributed by atoms with Crippen molar-refractivity contribution in [3.05, 3.63) is 76.9 Å². The third-order valence-electron chi connectivity index (χ3n) is 4.00. The number of hydrogen-bond donors (Lipinski definition) is 1. The van der Waals surface area contributed by atoms with Crippen LogP contribution in [0.15, 0.2) is 66.9 Å². The second-order valence-corrected chi connectivity index (χ2v) is 7.01. The number of aromatic nitrogens is 1. The lowest BCUT2D eigenvalue weighted by atomic mass is 9.98. The van der Waals surface area contributed by atoms with E-state index in [4.69, 9.17) is 11.6 Å². The van der Waals surface area contributed by atoms with Gasteiger partial charge >= 0.3 is 5.97 Å². The van der Waals surface area contributed by atoms with Gasteiger partial charge in [0.2, 0.25) is 0 Å². The summed E-state index contributed by atoms with van der Waals surface area (Å²) >= 11 is 7.57. The first-order chi connectivity index (χ1) is 12.1. The highest BCUT2D eigenvalue weighted by molar-refractivity contribution is 7.20. The Balaban J connectivity index is 1.93. The maximum atomic E-state index is 11.3. The molecule has 2 aromatic heterocycles. The van der Waals surface area contributed by atoms with Crippen LogP contribution in [-0.2, 0) is 0 Å². The lowest BCUT2D eigenvalue weighted by Crippen LogP contribution is -1.90. The number of fused-ring (bicyclic) bond motifs is 1. The van der Waals surface area contributed by atoms with Gasteiger partial charge in [-0.3, -0.25) is 0 Å². The summed E-state index contributed by atoms with van der Waals surface area (Å²) in [6, 6.07) is 19.8. The third kappa shape index (κ3) is 2.90. The molecule has 4 rings (SSSR count). The molecule has 5 heteroatoms. The molecule has 25 heavy (non-hydrogen) atoms. The monoisotopic (exact) mass is 365 g/mol. The van der Waals surface area contributed by atoms with Crippen LogP contribution in [0.4, 0.5) is 0 Å². The Labute approximate surface area is 153 Å². The van der Waals surface area contributed by atoms with E-state index in [1.54, 1.807) is 12.3 Å². The van der Waals surface area contributed by atoms with Gasteiger partial charge in [-0.25, -0.2) is 9.78 Å². The first kappa shape index (κ1) is 15.8. The van der Waals surface area contributed by atoms with Crippen LogP contribution in [0, 0.1) is 0 Å². The molecule has 0 atom stereocenters. The standard InChI is InChI=1S/C20H12ClNO2S/c21-19-18(15-10-16(20(23)24)25-17(15)11-22-19)14-8-4-7-13(9-14)12-5-2-1-3-6-12/h1-11H,(H,23,24). The Morgan fingerprint density at radius 2 is 1.68 bits per heavy atom. The molecule has 0 amide bonds. The minimum Gasteiger partial charge on any atom is -0.477 e. The van der Waals surface area contributed by atoms with Crippen molar-refractivity contribution in [2.45, 2.75) is 0 Å². The summed E-state index contributed by atoms with van der Waals surface area (Å²) in [5.74, 6) is -0.943. The van der Waals surface area contributed by atoms with Crippen molar-refractivity contribution in [1.29, 1.82) is 0 Å². The molecule has 2 aromatic carbocycles. The molecule has 0 unspecified atom stereocenters. The predicted octanol–water partition coefficient (Wildman–Crippen LogP) is 5.98. The molecule has 2 heterocycles. The number of nitrogens with zero attached hydrogens (tertiary/aromatic N) is 1. The van der Waals surface area contributed by atoms with E-state index >= 15 is 0 Å². The van der Waals surface area contributed by atoms with Gasteiger partial charge in [-0.15, -0.1) is 11.3 Å². The zero-order chi connectivity index (χ0) is 17.4. The van der Waals surface area contributed by atoms with Crippen LogP contribution in [0.3, 0.4) is 0 Å². The molecule has 3 nitrogen and oxygen atoms in total. The first-order valence-electron chi connectivity index (χ1n) is 7.60. The minimum absolute atomic E-state index is 0.277. The van der Waals surface area contributed by atoms with Crippen LogP contribution in [0.1, 0.15) is 9.67 Å². The summed E-state index contributed by atoms with van der Waals surface area (Å²) < 4.78 is 0.807. The van der Waals surface area contributed by atoms with Crippen molar-refractivity contribution in [3.8, 4) is 22.3 Å². The molecule has 1 N–H and O–H groups in total. The van der Waals surface area contributed by atoms with E-state index in [1.165, 1.54) is 11.3 Å². The predicted molar refractivity (Wildman–Crippen MR) is 102 cm³/mol. The molecule has 0 aliphatic rings. The number of carboxylic acid groups (broad SMARTS) is 1. The zero-order valence-corrected chi connectivity index (χ0v) is 14.5. The fourth-order valence-electron chi connectivity index (χ4n) is 2.85. The highest BCUT2D eigenvalue weighted by Crippen LogP contribution is 2.38. The smallest absolute Gasteiger partial charge is 0.345 e. The highest BCUT2D eigenvalue weighted by Gasteiger charge is 2.16. The van der Waals surface area contributed by atoms with Gasteiger partial charge in [-0.05, 0) is 28.8 Å². The summed E-state index contributed by atoms with van der Waals surface area (Å²) in [6.45, 7) is 0. The number of pyridine rings is 1. The van der Waals surface area contributed by atoms with Gasteiger partial charge in [0.1, 0.15) is 10.0 Å². The Hall–Kier alpha value is -2.69. The largest absolute Gasteiger partial charge is 0.477 e. The molecular weight excluding hydrogens is 354 g/mol. The summed E-state index contributed by atoms with van der Waals surface area (Å²) in [7, 11) is 0. The minimum atomic E-state index is -0.943. The van der Waals surface area contributed by atoms with Crippen LogP contribution in [0.5, 0.6) is 0 Å². The fourth-order valence-corrected chi connectivity index (χ4v) is 3.99. The van der Waals surface area contributed by atoms with Crippen molar-refractivity contribution in [2.24, 2.45) is 0 Å². The number of aromatic carboxylic acids is 1. The van der Waals surface area contributed by atoms with Crippen molar-refractivity contribution in [3.63, 3.8) is 0 Å². The zero-order valence-electron chi connectivity index (χ0n) is 12.9. The van der Waals surface area contributed by atoms with Crippen LogP contribution < -0.4 is 0 Å². The van der Waals surface area contributed by atoms with Crippen molar-refractivity contribution < 1.29 is 9.90 Å². The van der Waals surface area contributed by atoms with Crippen molar-refractivity contribution in [2.75, 3.05) is 0 Å². The molecule has 122 valence electrons. The number of rotatable bonds is 3. The fraction of sp³-hybridized carbons (Fsp3) is 0. The van der Waals surface area contributed by atoms with Crippen LogP contribution in [0.2, 0.25) is 5.15 Å². The van der Waals surface area contributed by atoms with E-state index in [2.05, 4.69) is 11.1 Å². The summed E-state index contributed by atoms with van der Waals surface area (Å²) in [4.78, 5) is 15.8. The van der Waals surface area contributed by atoms with Gasteiger partial charge in [0, 0.05) is 17.1 Å². The number of halogens is 1. The Morgan fingerprint density at radius 1 is 0.960 bits per heavy atom. The molecule has 0 radical (unpaired) electrons. The third-order valence-corrected chi connectivity index (χ3v) is 5.34. The Bertz CT molecular complexity index is 1090. The van der Waals surface area contributed by atoms with Gasteiger partial charge in [0.25, 0.3) is 0 Å². The molecule has 0 bridgehead atoms. The number of benzene rings is 2. The molecule has 0 fully saturated rings. The maximum Gasteiger partial charge on any atom is 0.345 e. The molecule has 4 aromatic rings.